The van der Waals surface area contributed by atoms with E-state index < -0.39 is 5.91 Å². The van der Waals surface area contributed by atoms with Crippen molar-refractivity contribution in [2.45, 2.75) is 12.8 Å². The zero-order chi connectivity index (χ0) is 16.7. The maximum atomic E-state index is 11.8. The molecule has 1 aliphatic rings. The molecule has 2 amide bonds. The van der Waals surface area contributed by atoms with Crippen LogP contribution in [0.4, 0.5) is 5.13 Å². The number of amides is 2. The zero-order valence-corrected chi connectivity index (χ0v) is 13.5. The van der Waals surface area contributed by atoms with E-state index in [9.17, 15) is 9.59 Å². The van der Waals surface area contributed by atoms with Crippen LogP contribution in [0.15, 0.2) is 36.4 Å². The summed E-state index contributed by atoms with van der Waals surface area (Å²) in [5.41, 5.74) is 8.04. The SMILES string of the molecule is NC(=O)c1cccc(-c2ccc3nc(NC(=O)C4CC4)sc3n2)c1. The minimum atomic E-state index is -0.471. The second-order valence-electron chi connectivity index (χ2n) is 5.75. The van der Waals surface area contributed by atoms with Crippen LogP contribution in [0.1, 0.15) is 23.2 Å². The van der Waals surface area contributed by atoms with Gasteiger partial charge in [-0.05, 0) is 37.1 Å². The Morgan fingerprint density at radius 3 is 2.75 bits per heavy atom. The average Bonchev–Trinajstić information content (AvgIpc) is 3.35. The smallest absolute Gasteiger partial charge is 0.248 e. The van der Waals surface area contributed by atoms with Crippen LogP contribution in [0.5, 0.6) is 0 Å². The summed E-state index contributed by atoms with van der Waals surface area (Å²) in [5, 5.41) is 3.41. The van der Waals surface area contributed by atoms with E-state index in [-0.39, 0.29) is 11.8 Å². The van der Waals surface area contributed by atoms with Crippen LogP contribution >= 0.6 is 11.3 Å². The molecule has 3 N–H and O–H groups in total. The average molecular weight is 338 g/mol. The van der Waals surface area contributed by atoms with Crippen molar-refractivity contribution >= 4 is 38.6 Å². The van der Waals surface area contributed by atoms with Gasteiger partial charge in [-0.15, -0.1) is 0 Å². The fourth-order valence-corrected chi connectivity index (χ4v) is 3.26. The van der Waals surface area contributed by atoms with Gasteiger partial charge in [0.1, 0.15) is 10.3 Å². The van der Waals surface area contributed by atoms with E-state index >= 15 is 0 Å². The standard InChI is InChI=1S/C17H14N4O2S/c18-14(22)11-3-1-2-10(8-11)12-6-7-13-16(19-12)24-17(20-13)21-15(23)9-4-5-9/h1-3,6-9H,4-5H2,(H2,18,22)(H,20,21,23). The Morgan fingerprint density at radius 2 is 2.00 bits per heavy atom. The van der Waals surface area contributed by atoms with Gasteiger partial charge in [-0.25, -0.2) is 9.97 Å². The number of anilines is 1. The molecule has 1 aliphatic carbocycles. The molecule has 0 atom stereocenters. The normalized spacial score (nSPS) is 13.8. The Morgan fingerprint density at radius 1 is 1.17 bits per heavy atom. The maximum Gasteiger partial charge on any atom is 0.248 e. The number of aromatic nitrogens is 2. The molecule has 6 nitrogen and oxygen atoms in total. The van der Waals surface area contributed by atoms with Gasteiger partial charge in [-0.3, -0.25) is 9.59 Å². The molecule has 0 bridgehead atoms. The number of rotatable bonds is 4. The van der Waals surface area contributed by atoms with Gasteiger partial charge in [-0.2, -0.15) is 0 Å². The van der Waals surface area contributed by atoms with Gasteiger partial charge in [0, 0.05) is 17.0 Å². The van der Waals surface area contributed by atoms with Crippen LogP contribution < -0.4 is 11.1 Å². The number of hydrogen-bond acceptors (Lipinski definition) is 5. The summed E-state index contributed by atoms with van der Waals surface area (Å²) < 4.78 is 0. The fourth-order valence-electron chi connectivity index (χ4n) is 2.42. The largest absolute Gasteiger partial charge is 0.366 e. The number of fused-ring (bicyclic) bond motifs is 1. The molecule has 24 heavy (non-hydrogen) atoms. The molecule has 2 aromatic heterocycles. The van der Waals surface area contributed by atoms with Gasteiger partial charge in [0.2, 0.25) is 11.8 Å². The number of carbonyl (C=O) groups is 2. The first-order chi connectivity index (χ1) is 11.6. The number of nitrogens with zero attached hydrogens (tertiary/aromatic N) is 2. The Balaban J connectivity index is 1.66. The van der Waals surface area contributed by atoms with Gasteiger partial charge in [0.25, 0.3) is 0 Å². The van der Waals surface area contributed by atoms with Crippen LogP contribution in [0.3, 0.4) is 0 Å². The molecule has 1 fully saturated rings. The highest BCUT2D eigenvalue weighted by atomic mass is 32.1. The Labute approximate surface area is 141 Å². The van der Waals surface area contributed by atoms with Crippen molar-refractivity contribution in [2.24, 2.45) is 11.7 Å². The second-order valence-corrected chi connectivity index (χ2v) is 6.73. The molecular formula is C17H14N4O2S. The van der Waals surface area contributed by atoms with E-state index in [1.807, 2.05) is 18.2 Å². The molecule has 4 rings (SSSR count). The molecule has 0 unspecified atom stereocenters. The third kappa shape index (κ3) is 2.85. The summed E-state index contributed by atoms with van der Waals surface area (Å²) in [6.45, 7) is 0. The van der Waals surface area contributed by atoms with E-state index in [2.05, 4.69) is 15.3 Å². The van der Waals surface area contributed by atoms with Gasteiger partial charge in [-0.1, -0.05) is 23.5 Å². The van der Waals surface area contributed by atoms with Crippen LogP contribution in [0, 0.1) is 5.92 Å². The quantitative estimate of drug-likeness (QED) is 0.764. The molecule has 1 aromatic carbocycles. The third-order valence-electron chi connectivity index (χ3n) is 3.88. The van der Waals surface area contributed by atoms with E-state index in [0.29, 0.717) is 10.7 Å². The van der Waals surface area contributed by atoms with E-state index in [1.54, 1.807) is 18.2 Å². The first-order valence-corrected chi connectivity index (χ1v) is 8.40. The Bertz CT molecular complexity index is 962. The molecule has 120 valence electrons. The molecule has 3 aromatic rings. The first-order valence-electron chi connectivity index (χ1n) is 7.59. The molecule has 0 saturated heterocycles. The summed E-state index contributed by atoms with van der Waals surface area (Å²) in [7, 11) is 0. The van der Waals surface area contributed by atoms with Crippen molar-refractivity contribution in [2.75, 3.05) is 5.32 Å². The molecule has 7 heteroatoms. The number of pyridine rings is 1. The summed E-state index contributed by atoms with van der Waals surface area (Å²) in [5.74, 6) is -0.304. The highest BCUT2D eigenvalue weighted by molar-refractivity contribution is 7.22. The number of primary amides is 1. The molecule has 0 radical (unpaired) electrons. The molecular weight excluding hydrogens is 324 g/mol. The molecule has 2 heterocycles. The minimum Gasteiger partial charge on any atom is -0.366 e. The monoisotopic (exact) mass is 338 g/mol. The van der Waals surface area contributed by atoms with Crippen LogP contribution in [0.25, 0.3) is 21.6 Å². The van der Waals surface area contributed by atoms with Crippen molar-refractivity contribution in [3.8, 4) is 11.3 Å². The highest BCUT2D eigenvalue weighted by Gasteiger charge is 2.30. The summed E-state index contributed by atoms with van der Waals surface area (Å²) in [6.07, 6.45) is 1.91. The number of nitrogens with one attached hydrogen (secondary N) is 1. The maximum absolute atomic E-state index is 11.8. The number of hydrogen-bond donors (Lipinski definition) is 2. The second kappa shape index (κ2) is 5.68. The summed E-state index contributed by atoms with van der Waals surface area (Å²) in [6, 6.07) is 10.7. The lowest BCUT2D eigenvalue weighted by Crippen LogP contribution is -2.12. The minimum absolute atomic E-state index is 0.0310. The molecule has 0 spiro atoms. The van der Waals surface area contributed by atoms with Crippen molar-refractivity contribution in [3.63, 3.8) is 0 Å². The van der Waals surface area contributed by atoms with Crippen LogP contribution in [-0.2, 0) is 4.79 Å². The predicted molar refractivity (Wildman–Crippen MR) is 92.7 cm³/mol. The van der Waals surface area contributed by atoms with E-state index in [0.717, 1.165) is 34.4 Å². The lowest BCUT2D eigenvalue weighted by molar-refractivity contribution is -0.117. The highest BCUT2D eigenvalue weighted by Crippen LogP contribution is 2.32. The zero-order valence-electron chi connectivity index (χ0n) is 12.7. The summed E-state index contributed by atoms with van der Waals surface area (Å²) in [4.78, 5) is 32.9. The lowest BCUT2D eigenvalue weighted by Gasteiger charge is -2.02. The van der Waals surface area contributed by atoms with Gasteiger partial charge < -0.3 is 11.1 Å². The van der Waals surface area contributed by atoms with E-state index in [4.69, 9.17) is 5.73 Å². The predicted octanol–water partition coefficient (Wildman–Crippen LogP) is 2.81. The number of carbonyl (C=O) groups excluding carboxylic acids is 2. The molecule has 0 aliphatic heterocycles. The van der Waals surface area contributed by atoms with Crippen molar-refractivity contribution in [3.05, 3.63) is 42.0 Å². The third-order valence-corrected chi connectivity index (χ3v) is 4.76. The summed E-state index contributed by atoms with van der Waals surface area (Å²) >= 11 is 1.34. The topological polar surface area (TPSA) is 98.0 Å². The molecule has 1 saturated carbocycles. The van der Waals surface area contributed by atoms with E-state index in [1.165, 1.54) is 11.3 Å². The van der Waals surface area contributed by atoms with Crippen molar-refractivity contribution < 1.29 is 9.59 Å². The fraction of sp³-hybridized carbons (Fsp3) is 0.176. The van der Waals surface area contributed by atoms with Crippen molar-refractivity contribution in [1.29, 1.82) is 0 Å². The number of benzene rings is 1. The first kappa shape index (κ1) is 14.8. The Kier molecular flexibility index (Phi) is 3.50. The van der Waals surface area contributed by atoms with Crippen LogP contribution in [-0.4, -0.2) is 21.8 Å². The lowest BCUT2D eigenvalue weighted by atomic mass is 10.1. The van der Waals surface area contributed by atoms with Gasteiger partial charge >= 0.3 is 0 Å². The van der Waals surface area contributed by atoms with Gasteiger partial charge in [0.05, 0.1) is 5.69 Å². The number of thiazole rings is 1. The van der Waals surface area contributed by atoms with Crippen LogP contribution in [0.2, 0.25) is 0 Å². The number of nitrogens with two attached hydrogens (primary N) is 1. The Hall–Kier alpha value is -2.80. The van der Waals surface area contributed by atoms with Gasteiger partial charge in [0.15, 0.2) is 5.13 Å². The van der Waals surface area contributed by atoms with Crippen molar-refractivity contribution in [1.82, 2.24) is 9.97 Å².